The first-order valence-electron chi connectivity index (χ1n) is 10.8. The Kier molecular flexibility index (Phi) is 9.68. The molecule has 4 atom stereocenters. The van der Waals surface area contributed by atoms with Gasteiger partial charge in [0.25, 0.3) is 0 Å². The summed E-state index contributed by atoms with van der Waals surface area (Å²) >= 11 is 0. The van der Waals surface area contributed by atoms with Crippen molar-refractivity contribution in [2.75, 3.05) is 13.2 Å². The summed E-state index contributed by atoms with van der Waals surface area (Å²) in [6, 6.07) is 0.00403. The summed E-state index contributed by atoms with van der Waals surface area (Å²) < 4.78 is 6.10. The van der Waals surface area contributed by atoms with Crippen molar-refractivity contribution in [2.45, 2.75) is 104 Å². The molecule has 28 heavy (non-hydrogen) atoms. The lowest BCUT2D eigenvalue weighted by molar-refractivity contribution is -0.0611. The van der Waals surface area contributed by atoms with Crippen LogP contribution < -0.4 is 10.6 Å². The molecule has 0 aromatic heterocycles. The van der Waals surface area contributed by atoms with Gasteiger partial charge in [0.05, 0.1) is 11.9 Å². The summed E-state index contributed by atoms with van der Waals surface area (Å²) in [5.74, 6) is 1.00. The van der Waals surface area contributed by atoms with Gasteiger partial charge in [0.1, 0.15) is 12.3 Å². The third kappa shape index (κ3) is 7.86. The fraction of sp³-hybridized carbons (Fsp3) is 0.826. The lowest BCUT2D eigenvalue weighted by Gasteiger charge is -2.38. The highest BCUT2D eigenvalue weighted by molar-refractivity contribution is 5.21. The van der Waals surface area contributed by atoms with Crippen LogP contribution in [0.4, 0.5) is 0 Å². The summed E-state index contributed by atoms with van der Waals surface area (Å²) in [5.41, 5.74) is 1.34. The molecule has 1 rings (SSSR count). The Hall–Kier alpha value is -0.880. The van der Waals surface area contributed by atoms with Gasteiger partial charge in [0.15, 0.2) is 0 Å². The van der Waals surface area contributed by atoms with E-state index in [1.165, 1.54) is 0 Å². The molecule has 0 aromatic rings. The van der Waals surface area contributed by atoms with E-state index in [4.69, 9.17) is 4.74 Å². The van der Waals surface area contributed by atoms with Crippen LogP contribution in [0, 0.1) is 5.92 Å². The minimum Gasteiger partial charge on any atom is -0.496 e. The summed E-state index contributed by atoms with van der Waals surface area (Å²) in [6.07, 6.45) is 4.50. The number of hydrogen-bond donors (Lipinski definition) is 4. The molecule has 164 valence electrons. The third-order valence-corrected chi connectivity index (χ3v) is 6.04. The molecule has 0 fully saturated rings. The number of aliphatic hydroxyl groups excluding tert-OH is 1. The largest absolute Gasteiger partial charge is 0.496 e. The average Bonchev–Trinajstić information content (AvgIpc) is 2.74. The smallest absolute Gasteiger partial charge is 0.119 e. The van der Waals surface area contributed by atoms with E-state index in [1.54, 1.807) is 0 Å². The van der Waals surface area contributed by atoms with Crippen molar-refractivity contribution in [2.24, 2.45) is 5.92 Å². The van der Waals surface area contributed by atoms with Gasteiger partial charge < -0.3 is 20.3 Å². The summed E-state index contributed by atoms with van der Waals surface area (Å²) in [6.45, 7) is 17.9. The number of nitrogens with one attached hydrogen (secondary N) is 2. The molecule has 0 saturated carbocycles. The van der Waals surface area contributed by atoms with Crippen LogP contribution in [0.15, 0.2) is 23.0 Å². The molecule has 5 heteroatoms. The van der Waals surface area contributed by atoms with Gasteiger partial charge in [-0.05, 0) is 53.0 Å². The van der Waals surface area contributed by atoms with Gasteiger partial charge in [0.2, 0.25) is 0 Å². The quantitative estimate of drug-likeness (QED) is 0.315. The molecule has 0 bridgehead atoms. The molecule has 4 unspecified atom stereocenters. The first-order valence-corrected chi connectivity index (χ1v) is 10.8. The van der Waals surface area contributed by atoms with Crippen molar-refractivity contribution in [1.29, 1.82) is 0 Å². The van der Waals surface area contributed by atoms with Crippen LogP contribution in [-0.4, -0.2) is 46.8 Å². The molecule has 0 saturated heterocycles. The van der Waals surface area contributed by atoms with Crippen molar-refractivity contribution >= 4 is 0 Å². The predicted molar refractivity (Wildman–Crippen MR) is 117 cm³/mol. The van der Waals surface area contributed by atoms with Gasteiger partial charge in [-0.1, -0.05) is 32.4 Å². The lowest BCUT2D eigenvalue weighted by atomic mass is 9.92. The molecule has 0 aliphatic heterocycles. The molecule has 0 heterocycles. The topological polar surface area (TPSA) is 73.8 Å². The number of hydrogen-bond acceptors (Lipinski definition) is 5. The first-order chi connectivity index (χ1) is 12.9. The van der Waals surface area contributed by atoms with Crippen LogP contribution in [-0.2, 0) is 4.74 Å². The Morgan fingerprint density at radius 1 is 1.21 bits per heavy atom. The molecule has 0 spiro atoms. The summed E-state index contributed by atoms with van der Waals surface area (Å²) in [7, 11) is 0. The van der Waals surface area contributed by atoms with Crippen LogP contribution in [0.3, 0.4) is 0 Å². The van der Waals surface area contributed by atoms with Gasteiger partial charge in [-0.2, -0.15) is 0 Å². The molecule has 0 radical (unpaired) electrons. The van der Waals surface area contributed by atoms with Gasteiger partial charge in [0, 0.05) is 36.9 Å². The highest BCUT2D eigenvalue weighted by atomic mass is 16.5. The maximum atomic E-state index is 11.2. The van der Waals surface area contributed by atoms with Crippen molar-refractivity contribution in [3.63, 3.8) is 0 Å². The third-order valence-electron chi connectivity index (χ3n) is 6.04. The standard InChI is InChI=1S/C23H44N2O3/c1-9-22(7,8)24-14-18(5)23(27,10-2)25-19(6)15-28-21-12-16(3)11-20(26)13-17(21)4/h11,18-20,24-27H,9-10,12-15H2,1-8H3. The molecule has 4 N–H and O–H groups in total. The molecule has 0 amide bonds. The predicted octanol–water partition coefficient (Wildman–Crippen LogP) is 3.87. The van der Waals surface area contributed by atoms with Crippen LogP contribution in [0.1, 0.15) is 81.1 Å². The van der Waals surface area contributed by atoms with Gasteiger partial charge in [-0.3, -0.25) is 5.32 Å². The molecule has 0 aromatic carbocycles. The van der Waals surface area contributed by atoms with Gasteiger partial charge in [-0.25, -0.2) is 0 Å². The summed E-state index contributed by atoms with van der Waals surface area (Å²) in [4.78, 5) is 0. The number of allylic oxidation sites excluding steroid dienone is 1. The van der Waals surface area contributed by atoms with Crippen molar-refractivity contribution in [3.8, 4) is 0 Å². The maximum Gasteiger partial charge on any atom is 0.119 e. The van der Waals surface area contributed by atoms with Crippen molar-refractivity contribution in [1.82, 2.24) is 10.6 Å². The molecule has 5 nitrogen and oxygen atoms in total. The normalized spacial score (nSPS) is 22.9. The fourth-order valence-electron chi connectivity index (χ4n) is 3.46. The Morgan fingerprint density at radius 3 is 2.43 bits per heavy atom. The second kappa shape index (κ2) is 10.8. The SMILES string of the molecule is CCC(C)(C)NCC(C)C(O)(CC)NC(C)COC1=C(C)CC(O)C=C(C)C1. The highest BCUT2D eigenvalue weighted by Crippen LogP contribution is 2.25. The molecule has 1 aliphatic rings. The summed E-state index contributed by atoms with van der Waals surface area (Å²) in [5, 5.41) is 28.1. The molecular formula is C23H44N2O3. The van der Waals surface area contributed by atoms with Crippen molar-refractivity contribution < 1.29 is 14.9 Å². The highest BCUT2D eigenvalue weighted by Gasteiger charge is 2.34. The van der Waals surface area contributed by atoms with Crippen LogP contribution in [0.5, 0.6) is 0 Å². The van der Waals surface area contributed by atoms with E-state index in [9.17, 15) is 10.2 Å². The zero-order valence-corrected chi connectivity index (χ0v) is 19.4. The number of ether oxygens (including phenoxy) is 1. The van der Waals surface area contributed by atoms with Gasteiger partial charge in [-0.15, -0.1) is 0 Å². The van der Waals surface area contributed by atoms with E-state index >= 15 is 0 Å². The van der Waals surface area contributed by atoms with Crippen molar-refractivity contribution in [3.05, 3.63) is 23.0 Å². The minimum absolute atomic E-state index is 0.00403. The second-order valence-electron chi connectivity index (χ2n) is 9.32. The van der Waals surface area contributed by atoms with Crippen LogP contribution in [0.25, 0.3) is 0 Å². The first kappa shape index (κ1) is 25.2. The van der Waals surface area contributed by atoms with E-state index in [2.05, 4.69) is 38.3 Å². The lowest BCUT2D eigenvalue weighted by Crippen LogP contribution is -2.57. The average molecular weight is 397 g/mol. The van der Waals surface area contributed by atoms with E-state index in [1.807, 2.05) is 33.8 Å². The van der Waals surface area contributed by atoms with Crippen LogP contribution >= 0.6 is 0 Å². The zero-order chi connectivity index (χ0) is 21.5. The van der Waals surface area contributed by atoms with Crippen LogP contribution in [0.2, 0.25) is 0 Å². The fourth-order valence-corrected chi connectivity index (χ4v) is 3.46. The van der Waals surface area contributed by atoms with E-state index in [-0.39, 0.29) is 17.5 Å². The zero-order valence-electron chi connectivity index (χ0n) is 19.4. The Morgan fingerprint density at radius 2 is 1.86 bits per heavy atom. The monoisotopic (exact) mass is 396 g/mol. The Bertz CT molecular complexity index is 556. The van der Waals surface area contributed by atoms with E-state index < -0.39 is 11.8 Å². The van der Waals surface area contributed by atoms with E-state index in [0.717, 1.165) is 36.3 Å². The van der Waals surface area contributed by atoms with E-state index in [0.29, 0.717) is 19.4 Å². The number of rotatable bonds is 11. The maximum absolute atomic E-state index is 11.2. The number of aliphatic hydroxyl groups is 2. The Labute approximate surface area is 172 Å². The minimum atomic E-state index is -0.946. The second-order valence-corrected chi connectivity index (χ2v) is 9.32. The molecular weight excluding hydrogens is 352 g/mol. The van der Waals surface area contributed by atoms with Gasteiger partial charge >= 0.3 is 0 Å². The molecule has 1 aliphatic carbocycles. The Balaban J connectivity index is 2.64.